The number of hydrogen-bond acceptors (Lipinski definition) is 3. The minimum absolute atomic E-state index is 0. The summed E-state index contributed by atoms with van der Waals surface area (Å²) in [5.74, 6) is 1.53. The first-order valence-corrected chi connectivity index (χ1v) is 4.36. The summed E-state index contributed by atoms with van der Waals surface area (Å²) in [7, 11) is 0. The predicted molar refractivity (Wildman–Crippen MR) is 54.2 cm³/mol. The number of aryl methyl sites for hydroxylation is 1. The maximum absolute atomic E-state index is 4.40. The Hall–Kier alpha value is -0.670. The maximum atomic E-state index is 4.40. The molecule has 1 aromatic rings. The van der Waals surface area contributed by atoms with E-state index in [0.717, 1.165) is 24.6 Å². The van der Waals surface area contributed by atoms with Crippen LogP contribution in [0.1, 0.15) is 23.9 Å². The Labute approximate surface area is 84.4 Å². The molecule has 1 unspecified atom stereocenters. The Balaban J connectivity index is 0.000000845. The van der Waals surface area contributed by atoms with E-state index < -0.39 is 0 Å². The number of rotatable bonds is 1. The third kappa shape index (κ3) is 2.39. The standard InChI is InChI=1S/C9H13N3.ClH/c1-7-2-5-11-9(12-7)8-3-4-10-6-8;/h2,5,8,10H,3-4,6H2,1H3;1H. The molecule has 3 nitrogen and oxygen atoms in total. The first kappa shape index (κ1) is 10.4. The van der Waals surface area contributed by atoms with Crippen molar-refractivity contribution < 1.29 is 0 Å². The average molecular weight is 200 g/mol. The molecule has 1 aromatic heterocycles. The molecule has 1 saturated heterocycles. The Morgan fingerprint density at radius 1 is 1.54 bits per heavy atom. The number of nitrogens with zero attached hydrogens (tertiary/aromatic N) is 2. The summed E-state index contributed by atoms with van der Waals surface area (Å²) in [6.45, 7) is 4.14. The van der Waals surface area contributed by atoms with Crippen LogP contribution in [0.25, 0.3) is 0 Å². The van der Waals surface area contributed by atoms with Crippen LogP contribution in [0, 0.1) is 6.92 Å². The van der Waals surface area contributed by atoms with Crippen LogP contribution in [0.4, 0.5) is 0 Å². The van der Waals surface area contributed by atoms with Crippen LogP contribution in [0.3, 0.4) is 0 Å². The lowest BCUT2D eigenvalue weighted by Gasteiger charge is -2.05. The first-order valence-electron chi connectivity index (χ1n) is 4.36. The van der Waals surface area contributed by atoms with Crippen LogP contribution < -0.4 is 5.32 Å². The summed E-state index contributed by atoms with van der Waals surface area (Å²) in [6, 6.07) is 1.94. The molecule has 1 atom stereocenters. The molecule has 0 aromatic carbocycles. The van der Waals surface area contributed by atoms with Gasteiger partial charge in [0.25, 0.3) is 0 Å². The zero-order valence-corrected chi connectivity index (χ0v) is 8.47. The Kier molecular flexibility index (Phi) is 3.63. The highest BCUT2D eigenvalue weighted by Gasteiger charge is 2.18. The maximum Gasteiger partial charge on any atom is 0.132 e. The van der Waals surface area contributed by atoms with Gasteiger partial charge in [0.15, 0.2) is 0 Å². The zero-order valence-electron chi connectivity index (χ0n) is 7.66. The molecule has 2 heterocycles. The molecular weight excluding hydrogens is 186 g/mol. The summed E-state index contributed by atoms with van der Waals surface area (Å²) in [5, 5.41) is 3.31. The highest BCUT2D eigenvalue weighted by molar-refractivity contribution is 5.85. The van der Waals surface area contributed by atoms with Gasteiger partial charge in [0.05, 0.1) is 0 Å². The van der Waals surface area contributed by atoms with Crippen LogP contribution in [-0.2, 0) is 0 Å². The minimum Gasteiger partial charge on any atom is -0.316 e. The van der Waals surface area contributed by atoms with Crippen molar-refractivity contribution >= 4 is 12.4 Å². The molecule has 0 aliphatic carbocycles. The topological polar surface area (TPSA) is 37.8 Å². The second kappa shape index (κ2) is 4.53. The highest BCUT2D eigenvalue weighted by Crippen LogP contribution is 2.17. The lowest BCUT2D eigenvalue weighted by Crippen LogP contribution is -2.10. The molecule has 1 aliphatic heterocycles. The van der Waals surface area contributed by atoms with Gasteiger partial charge in [-0.1, -0.05) is 0 Å². The Morgan fingerprint density at radius 2 is 2.38 bits per heavy atom. The Morgan fingerprint density at radius 3 is 3.00 bits per heavy atom. The van der Waals surface area contributed by atoms with Gasteiger partial charge in [0.1, 0.15) is 5.82 Å². The van der Waals surface area contributed by atoms with E-state index in [4.69, 9.17) is 0 Å². The SMILES string of the molecule is Cc1ccnc(C2CCNC2)n1.Cl. The fourth-order valence-corrected chi connectivity index (χ4v) is 1.54. The Bertz CT molecular complexity index is 271. The molecule has 0 bridgehead atoms. The number of nitrogens with one attached hydrogen (secondary N) is 1. The van der Waals surface area contributed by atoms with E-state index in [1.54, 1.807) is 0 Å². The van der Waals surface area contributed by atoms with Gasteiger partial charge in [0, 0.05) is 24.4 Å². The number of aromatic nitrogens is 2. The van der Waals surface area contributed by atoms with E-state index in [-0.39, 0.29) is 12.4 Å². The molecule has 0 spiro atoms. The monoisotopic (exact) mass is 199 g/mol. The molecule has 1 fully saturated rings. The summed E-state index contributed by atoms with van der Waals surface area (Å²) < 4.78 is 0. The molecule has 72 valence electrons. The van der Waals surface area contributed by atoms with Gasteiger partial charge in [-0.15, -0.1) is 12.4 Å². The van der Waals surface area contributed by atoms with Crippen LogP contribution in [0.5, 0.6) is 0 Å². The van der Waals surface area contributed by atoms with Gasteiger partial charge in [-0.05, 0) is 26.0 Å². The quantitative estimate of drug-likeness (QED) is 0.741. The van der Waals surface area contributed by atoms with Crippen LogP contribution in [0.2, 0.25) is 0 Å². The lowest BCUT2D eigenvalue weighted by molar-refractivity contribution is 0.697. The zero-order chi connectivity index (χ0) is 8.39. The fourth-order valence-electron chi connectivity index (χ4n) is 1.54. The van der Waals surface area contributed by atoms with Gasteiger partial charge in [-0.3, -0.25) is 0 Å². The van der Waals surface area contributed by atoms with Gasteiger partial charge in [0.2, 0.25) is 0 Å². The first-order chi connectivity index (χ1) is 5.86. The average Bonchev–Trinajstić information content (AvgIpc) is 2.56. The van der Waals surface area contributed by atoms with Crippen molar-refractivity contribution in [3.8, 4) is 0 Å². The van der Waals surface area contributed by atoms with Crippen molar-refractivity contribution in [2.24, 2.45) is 0 Å². The highest BCUT2D eigenvalue weighted by atomic mass is 35.5. The van der Waals surface area contributed by atoms with Crippen LogP contribution >= 0.6 is 12.4 Å². The predicted octanol–water partition coefficient (Wildman–Crippen LogP) is 1.28. The van der Waals surface area contributed by atoms with E-state index in [1.807, 2.05) is 19.2 Å². The molecule has 4 heteroatoms. The molecular formula is C9H14ClN3. The van der Waals surface area contributed by atoms with Gasteiger partial charge in [-0.25, -0.2) is 9.97 Å². The normalized spacial score (nSPS) is 21.2. The molecule has 2 rings (SSSR count). The van der Waals surface area contributed by atoms with Gasteiger partial charge >= 0.3 is 0 Å². The molecule has 1 aliphatic rings. The van der Waals surface area contributed by atoms with Gasteiger partial charge in [-0.2, -0.15) is 0 Å². The van der Waals surface area contributed by atoms with Crippen molar-refractivity contribution in [2.75, 3.05) is 13.1 Å². The summed E-state index contributed by atoms with van der Waals surface area (Å²) >= 11 is 0. The third-order valence-corrected chi connectivity index (χ3v) is 2.24. The molecule has 0 amide bonds. The van der Waals surface area contributed by atoms with Crippen molar-refractivity contribution in [1.82, 2.24) is 15.3 Å². The van der Waals surface area contributed by atoms with E-state index in [1.165, 1.54) is 6.42 Å². The molecule has 1 N–H and O–H groups in total. The fraction of sp³-hybridized carbons (Fsp3) is 0.556. The molecule has 0 saturated carbocycles. The minimum atomic E-state index is 0. The van der Waals surface area contributed by atoms with Gasteiger partial charge < -0.3 is 5.32 Å². The van der Waals surface area contributed by atoms with E-state index in [2.05, 4.69) is 15.3 Å². The van der Waals surface area contributed by atoms with Crippen molar-refractivity contribution in [3.63, 3.8) is 0 Å². The van der Waals surface area contributed by atoms with Crippen LogP contribution in [-0.4, -0.2) is 23.1 Å². The second-order valence-corrected chi connectivity index (χ2v) is 3.25. The largest absolute Gasteiger partial charge is 0.316 e. The molecule has 0 radical (unpaired) electrons. The smallest absolute Gasteiger partial charge is 0.132 e. The second-order valence-electron chi connectivity index (χ2n) is 3.25. The number of halogens is 1. The van der Waals surface area contributed by atoms with E-state index >= 15 is 0 Å². The summed E-state index contributed by atoms with van der Waals surface area (Å²) in [6.07, 6.45) is 3.01. The summed E-state index contributed by atoms with van der Waals surface area (Å²) in [4.78, 5) is 8.67. The van der Waals surface area contributed by atoms with Crippen LogP contribution in [0.15, 0.2) is 12.3 Å². The molecule has 13 heavy (non-hydrogen) atoms. The number of hydrogen-bond donors (Lipinski definition) is 1. The third-order valence-electron chi connectivity index (χ3n) is 2.24. The van der Waals surface area contributed by atoms with E-state index in [0.29, 0.717) is 5.92 Å². The van der Waals surface area contributed by atoms with Crippen molar-refractivity contribution in [2.45, 2.75) is 19.3 Å². The summed E-state index contributed by atoms with van der Waals surface area (Å²) in [5.41, 5.74) is 1.06. The van der Waals surface area contributed by atoms with E-state index in [9.17, 15) is 0 Å². The van der Waals surface area contributed by atoms with Crippen molar-refractivity contribution in [3.05, 3.63) is 23.8 Å². The lowest BCUT2D eigenvalue weighted by atomic mass is 10.1. The van der Waals surface area contributed by atoms with Crippen molar-refractivity contribution in [1.29, 1.82) is 0 Å².